The lowest BCUT2D eigenvalue weighted by atomic mass is 9.62. The van der Waals surface area contributed by atoms with E-state index in [1.54, 1.807) is 0 Å². The van der Waals surface area contributed by atoms with Crippen LogP contribution < -0.4 is 10.4 Å². The van der Waals surface area contributed by atoms with E-state index in [9.17, 15) is 0 Å². The first-order valence-corrected chi connectivity index (χ1v) is 23.4. The second-order valence-corrected chi connectivity index (χ2v) is 22.8. The van der Waals surface area contributed by atoms with Crippen molar-refractivity contribution in [3.05, 3.63) is 145 Å². The van der Waals surface area contributed by atoms with Crippen molar-refractivity contribution in [2.45, 2.75) is 153 Å². The van der Waals surface area contributed by atoms with Gasteiger partial charge in [0, 0.05) is 28.5 Å². The number of hydrogen-bond donors (Lipinski definition) is 0. The molecular weight excluding hydrogens is 744 g/mol. The number of allylic oxidation sites excluding steroid dienone is 10. The molecule has 1 aromatic carbocycles. The molecule has 0 fully saturated rings. The summed E-state index contributed by atoms with van der Waals surface area (Å²) in [5, 5.41) is 2.50. The first-order valence-electron chi connectivity index (χ1n) is 22.6. The third-order valence-corrected chi connectivity index (χ3v) is 14.5. The van der Waals surface area contributed by atoms with Gasteiger partial charge >= 0.3 is 0 Å². The molecule has 2 atom stereocenters. The molecule has 4 rings (SSSR count). The summed E-state index contributed by atoms with van der Waals surface area (Å²) in [5.41, 5.74) is 9.31. The molecule has 1 radical (unpaired) electrons. The summed E-state index contributed by atoms with van der Waals surface area (Å²) < 4.78 is 1.32. The Hall–Kier alpha value is -3.76. The Kier molecular flexibility index (Phi) is 15.6. The van der Waals surface area contributed by atoms with Gasteiger partial charge in [0.25, 0.3) is 0 Å². The lowest BCUT2D eigenvalue weighted by Gasteiger charge is -2.42. The van der Waals surface area contributed by atoms with Crippen LogP contribution in [0.2, 0.25) is 0 Å². The summed E-state index contributed by atoms with van der Waals surface area (Å²) in [4.78, 5) is 4.85. The lowest BCUT2D eigenvalue weighted by Crippen LogP contribution is -2.34. The lowest BCUT2D eigenvalue weighted by molar-refractivity contribution is 0.296. The van der Waals surface area contributed by atoms with Crippen LogP contribution in [0.15, 0.2) is 134 Å². The Balaban J connectivity index is 2.13. The van der Waals surface area contributed by atoms with Gasteiger partial charge in [-0.2, -0.15) is 0 Å². The third-order valence-electron chi connectivity index (χ3n) is 13.3. The average Bonchev–Trinajstić information content (AvgIpc) is 3.51. The van der Waals surface area contributed by atoms with Crippen molar-refractivity contribution in [1.82, 2.24) is 4.90 Å². The maximum Gasteiger partial charge on any atom is 0.188 e. The van der Waals surface area contributed by atoms with Gasteiger partial charge in [-0.1, -0.05) is 172 Å². The van der Waals surface area contributed by atoms with Crippen molar-refractivity contribution in [3.63, 3.8) is 0 Å². The van der Waals surface area contributed by atoms with Gasteiger partial charge in [0.15, 0.2) is 7.28 Å². The number of nitrogens with zero attached hydrogens (tertiary/aromatic N) is 2. The summed E-state index contributed by atoms with van der Waals surface area (Å²) in [6, 6.07) is 5.11. The number of benzene rings is 1. The van der Waals surface area contributed by atoms with Crippen LogP contribution in [-0.2, 0) is 10.8 Å². The largest absolute Gasteiger partial charge is 0.345 e. The molecule has 0 amide bonds. The van der Waals surface area contributed by atoms with Crippen LogP contribution in [0.3, 0.4) is 0 Å². The highest BCUT2D eigenvalue weighted by molar-refractivity contribution is 7.24. The number of rotatable bonds is 14. The minimum atomic E-state index is -0.0268. The molecule has 60 heavy (non-hydrogen) atoms. The normalized spacial score (nSPS) is 20.7. The van der Waals surface area contributed by atoms with E-state index in [1.165, 1.54) is 61.4 Å². The fourth-order valence-corrected chi connectivity index (χ4v) is 9.80. The SMILES string of the molecule is C=C/C=C1\C=C\N(C(C=C)C/C=C/C(C)(C)C)/C(CC(C(=C)C(C)(C)CC)C(C)C)=C\[B]c2c(sc3cc4c(cc23)C(C)(C)CCC4(C)C)N1/C=C/C=C(\C=C)C(C)(C)C. The molecule has 1 aliphatic carbocycles. The molecule has 2 aliphatic rings. The van der Waals surface area contributed by atoms with E-state index in [4.69, 9.17) is 6.58 Å². The molecule has 0 N–H and O–H groups in total. The highest BCUT2D eigenvalue weighted by atomic mass is 32.1. The quantitative estimate of drug-likeness (QED) is 0.106. The molecule has 0 bridgehead atoms. The van der Waals surface area contributed by atoms with Gasteiger partial charge in [-0.15, -0.1) is 17.9 Å². The minimum absolute atomic E-state index is 0.0268. The molecule has 323 valence electrons. The average molecular weight is 824 g/mol. The Labute approximate surface area is 373 Å². The zero-order chi connectivity index (χ0) is 45.0. The van der Waals surface area contributed by atoms with Crippen molar-refractivity contribution in [1.29, 1.82) is 0 Å². The van der Waals surface area contributed by atoms with Crippen LogP contribution in [0.25, 0.3) is 10.1 Å². The summed E-state index contributed by atoms with van der Waals surface area (Å²) in [6.07, 6.45) is 29.1. The van der Waals surface area contributed by atoms with Gasteiger partial charge < -0.3 is 9.80 Å². The van der Waals surface area contributed by atoms with Crippen molar-refractivity contribution in [2.75, 3.05) is 4.90 Å². The van der Waals surface area contributed by atoms with Gasteiger partial charge in [0.2, 0.25) is 0 Å². The van der Waals surface area contributed by atoms with Gasteiger partial charge in [0.1, 0.15) is 0 Å². The van der Waals surface area contributed by atoms with E-state index >= 15 is 0 Å². The van der Waals surface area contributed by atoms with Gasteiger partial charge in [-0.05, 0) is 129 Å². The minimum Gasteiger partial charge on any atom is -0.345 e. The molecule has 2 aromatic rings. The van der Waals surface area contributed by atoms with Crippen molar-refractivity contribution in [2.24, 2.45) is 28.1 Å². The zero-order valence-electron chi connectivity index (χ0n) is 40.6. The number of fused-ring (bicyclic) bond motifs is 4. The smallest absolute Gasteiger partial charge is 0.188 e. The van der Waals surface area contributed by atoms with Crippen LogP contribution in [0.5, 0.6) is 0 Å². The topological polar surface area (TPSA) is 6.48 Å². The second kappa shape index (κ2) is 19.1. The Bertz CT molecular complexity index is 2090. The number of anilines is 1. The van der Waals surface area contributed by atoms with Crippen LogP contribution in [0.4, 0.5) is 5.00 Å². The Morgan fingerprint density at radius 1 is 0.950 bits per heavy atom. The molecule has 2 heterocycles. The molecule has 0 spiro atoms. The van der Waals surface area contributed by atoms with Crippen LogP contribution in [0.1, 0.15) is 147 Å². The molecule has 1 aromatic heterocycles. The fourth-order valence-electron chi connectivity index (χ4n) is 8.58. The molecule has 4 heteroatoms. The van der Waals surface area contributed by atoms with Crippen LogP contribution in [-0.4, -0.2) is 18.2 Å². The maximum atomic E-state index is 4.82. The van der Waals surface area contributed by atoms with Crippen molar-refractivity contribution < 1.29 is 0 Å². The summed E-state index contributed by atoms with van der Waals surface area (Å²) in [6.45, 7) is 52.6. The molecule has 0 saturated carbocycles. The molecule has 2 nitrogen and oxygen atoms in total. The van der Waals surface area contributed by atoms with Crippen molar-refractivity contribution >= 4 is 39.2 Å². The molecule has 0 saturated heterocycles. The number of thiophene rings is 1. The van der Waals surface area contributed by atoms with Gasteiger partial charge in [0.05, 0.1) is 11.0 Å². The Morgan fingerprint density at radius 2 is 1.58 bits per heavy atom. The van der Waals surface area contributed by atoms with E-state index in [2.05, 4.69) is 214 Å². The predicted octanol–water partition coefficient (Wildman–Crippen LogP) is 16.0. The van der Waals surface area contributed by atoms with E-state index < -0.39 is 0 Å². The highest BCUT2D eigenvalue weighted by Gasteiger charge is 2.38. The fraction of sp³-hybridized carbons (Fsp3) is 0.500. The molecule has 2 unspecified atom stereocenters. The van der Waals surface area contributed by atoms with E-state index in [-0.39, 0.29) is 33.1 Å². The molecular formula is C56H80BN2S. The van der Waals surface area contributed by atoms with Gasteiger partial charge in [-0.3, -0.25) is 0 Å². The number of hydrogen-bond acceptors (Lipinski definition) is 3. The van der Waals surface area contributed by atoms with E-state index in [0.29, 0.717) is 11.8 Å². The monoisotopic (exact) mass is 824 g/mol. The van der Waals surface area contributed by atoms with Crippen molar-refractivity contribution in [3.8, 4) is 0 Å². The van der Waals surface area contributed by atoms with Gasteiger partial charge in [-0.25, -0.2) is 0 Å². The van der Waals surface area contributed by atoms with Crippen LogP contribution in [0, 0.1) is 28.1 Å². The zero-order valence-corrected chi connectivity index (χ0v) is 41.4. The first kappa shape index (κ1) is 48.9. The maximum absolute atomic E-state index is 4.82. The Morgan fingerprint density at radius 3 is 2.12 bits per heavy atom. The predicted molar refractivity (Wildman–Crippen MR) is 273 cm³/mol. The first-order chi connectivity index (χ1) is 27.8. The molecule has 1 aliphatic heterocycles. The summed E-state index contributed by atoms with van der Waals surface area (Å²) in [7, 11) is 2.42. The van der Waals surface area contributed by atoms with E-state index in [1.807, 2.05) is 23.5 Å². The third kappa shape index (κ3) is 11.4. The second-order valence-electron chi connectivity index (χ2n) is 21.8. The van der Waals surface area contributed by atoms with Crippen LogP contribution >= 0.6 is 11.3 Å². The van der Waals surface area contributed by atoms with E-state index in [0.717, 1.165) is 25.0 Å². The standard InChI is InChI=1S/C56H80BN2S/c1-20-26-43-29-34-58(42(22-3)28-24-30-52(8,9)10)44(35-45(39(5)6)40(7)54(14,15)23-4)38-57-50-46-36-47-48(56(18,19)32-31-55(47,16)17)37-49(46)60-51(50)59(43)33-25-27-41(21-2)53(11,12)13/h20-22,24-27,29-30,33-34,36-39,42,45H,1-3,7,23,28,31-32,35H2,4-6,8-19H3/b30-24+,33-25+,34-29+,41-27+,43-26+,44-38-. The highest BCUT2D eigenvalue weighted by Crippen LogP contribution is 2.49. The summed E-state index contributed by atoms with van der Waals surface area (Å²) in [5.74, 6) is 3.13. The summed E-state index contributed by atoms with van der Waals surface area (Å²) >= 11 is 1.89.